The van der Waals surface area contributed by atoms with Gasteiger partial charge in [-0.25, -0.2) is 8.42 Å². The first kappa shape index (κ1) is 19.0. The number of rotatable bonds is 4. The number of ether oxygens (including phenoxy) is 1. The van der Waals surface area contributed by atoms with Crippen molar-refractivity contribution in [3.8, 4) is 11.8 Å². The number of nitrogens with zero attached hydrogens (tertiary/aromatic N) is 5. The normalized spacial score (nSPS) is 27.8. The Balaban J connectivity index is 1.44. The summed E-state index contributed by atoms with van der Waals surface area (Å²) in [7, 11) is -2.43. The Morgan fingerprint density at radius 2 is 1.97 bits per heavy atom. The van der Waals surface area contributed by atoms with Gasteiger partial charge < -0.3 is 9.64 Å². The van der Waals surface area contributed by atoms with Gasteiger partial charge in [-0.15, -0.1) is 0 Å². The van der Waals surface area contributed by atoms with E-state index >= 15 is 0 Å². The first-order valence-electron chi connectivity index (χ1n) is 9.72. The second-order valence-electron chi connectivity index (χ2n) is 7.92. The Bertz CT molecular complexity index is 1120. The molecule has 2 aromatic rings. The molecule has 10 nitrogen and oxygen atoms in total. The minimum Gasteiger partial charge on any atom is -0.495 e. The van der Waals surface area contributed by atoms with Gasteiger partial charge in [-0.05, 0) is 42.9 Å². The Hall–Kier alpha value is -2.97. The molecule has 3 aliphatic heterocycles. The van der Waals surface area contributed by atoms with Gasteiger partial charge >= 0.3 is 0 Å². The molecule has 1 aromatic carbocycles. The van der Waals surface area contributed by atoms with E-state index in [4.69, 9.17) is 4.74 Å². The third kappa shape index (κ3) is 2.64. The molecule has 0 spiro atoms. The molecular weight excluding hydrogens is 408 g/mol. The van der Waals surface area contributed by atoms with Crippen LogP contribution in [0.4, 0.5) is 0 Å². The summed E-state index contributed by atoms with van der Waals surface area (Å²) in [5.74, 6) is 0.211. The van der Waals surface area contributed by atoms with Crippen molar-refractivity contribution in [2.75, 3.05) is 20.2 Å². The van der Waals surface area contributed by atoms with E-state index in [1.807, 2.05) is 6.07 Å². The van der Waals surface area contributed by atoms with E-state index in [1.54, 1.807) is 15.3 Å². The van der Waals surface area contributed by atoms with E-state index in [1.165, 1.54) is 25.4 Å². The molecule has 2 bridgehead atoms. The van der Waals surface area contributed by atoms with E-state index < -0.39 is 10.0 Å². The Morgan fingerprint density at radius 1 is 1.27 bits per heavy atom. The Kier molecular flexibility index (Phi) is 4.30. The molecule has 4 atom stereocenters. The minimum atomic E-state index is -3.85. The molecule has 156 valence electrons. The summed E-state index contributed by atoms with van der Waals surface area (Å²) in [4.78, 5) is 14.4. The number of aromatic nitrogens is 3. The summed E-state index contributed by atoms with van der Waals surface area (Å²) in [6.07, 6.45) is 2.92. The van der Waals surface area contributed by atoms with E-state index in [0.717, 1.165) is 12.8 Å². The number of carbonyl (C=O) groups is 1. The third-order valence-corrected chi connectivity index (χ3v) is 8.55. The number of nitrogens with one attached hydrogen (secondary N) is 1. The van der Waals surface area contributed by atoms with E-state index in [2.05, 4.69) is 15.4 Å². The molecule has 11 heteroatoms. The zero-order chi connectivity index (χ0) is 21.0. The number of amides is 1. The Labute approximate surface area is 173 Å². The lowest BCUT2D eigenvalue weighted by Gasteiger charge is -2.27. The quantitative estimate of drug-likeness (QED) is 0.754. The number of hydrogen-bond donors (Lipinski definition) is 1. The van der Waals surface area contributed by atoms with Crippen LogP contribution in [0.3, 0.4) is 0 Å². The standard InChI is InChI=1S/C19H20N6O4S/c1-29-17-5-2-11(7-20)6-18(17)30(27,28)25-15-3-4-16(25)13-10-24(9-12(13)15)19(26)14-8-21-23-22-14/h2,5-6,8,12-13,15-16H,3-4,9-10H2,1H3,(H,21,22,23)/t12-,13+,15+,16-. The second-order valence-corrected chi connectivity index (χ2v) is 9.73. The molecule has 0 saturated carbocycles. The van der Waals surface area contributed by atoms with Crippen LogP contribution in [-0.2, 0) is 10.0 Å². The number of hydrogen-bond acceptors (Lipinski definition) is 7. The number of methoxy groups -OCH3 is 1. The highest BCUT2D eigenvalue weighted by Gasteiger charge is 2.61. The molecule has 3 fully saturated rings. The molecule has 3 saturated heterocycles. The number of nitriles is 1. The van der Waals surface area contributed by atoms with Gasteiger partial charge in [0.05, 0.1) is 24.9 Å². The molecule has 30 heavy (non-hydrogen) atoms. The molecule has 1 N–H and O–H groups in total. The van der Waals surface area contributed by atoms with Crippen LogP contribution < -0.4 is 4.74 Å². The van der Waals surface area contributed by atoms with Gasteiger partial charge in [0.15, 0.2) is 5.69 Å². The SMILES string of the molecule is COc1ccc(C#N)cc1S(=O)(=O)N1[C@@H]2CC[C@H]1[C@@H]1CN(C(=O)c3cn[nH]n3)C[C@@H]12. The monoisotopic (exact) mass is 428 g/mol. The second kappa shape index (κ2) is 6.78. The average molecular weight is 428 g/mol. The number of H-pyrrole nitrogens is 1. The maximum atomic E-state index is 13.6. The first-order chi connectivity index (χ1) is 14.5. The van der Waals surface area contributed by atoms with Crippen molar-refractivity contribution in [3.63, 3.8) is 0 Å². The summed E-state index contributed by atoms with van der Waals surface area (Å²) in [6.45, 7) is 0.998. The van der Waals surface area contributed by atoms with Crippen LogP contribution in [0.1, 0.15) is 28.9 Å². The largest absolute Gasteiger partial charge is 0.495 e. The summed E-state index contributed by atoms with van der Waals surface area (Å²) in [5, 5.41) is 19.2. The zero-order valence-electron chi connectivity index (χ0n) is 16.2. The average Bonchev–Trinajstić information content (AvgIpc) is 3.53. The topological polar surface area (TPSA) is 132 Å². The van der Waals surface area contributed by atoms with Crippen molar-refractivity contribution in [2.24, 2.45) is 11.8 Å². The van der Waals surface area contributed by atoms with Gasteiger partial charge in [0.2, 0.25) is 10.0 Å². The van der Waals surface area contributed by atoms with Crippen molar-refractivity contribution in [2.45, 2.75) is 29.8 Å². The maximum Gasteiger partial charge on any atom is 0.276 e. The number of sulfonamides is 1. The van der Waals surface area contributed by atoms with Crippen LogP contribution in [0.5, 0.6) is 5.75 Å². The molecule has 0 unspecified atom stereocenters. The van der Waals surface area contributed by atoms with Gasteiger partial charge in [0, 0.05) is 25.2 Å². The maximum absolute atomic E-state index is 13.6. The molecule has 0 aliphatic carbocycles. The van der Waals surface area contributed by atoms with Crippen LogP contribution in [0.25, 0.3) is 0 Å². The van der Waals surface area contributed by atoms with E-state index in [9.17, 15) is 18.5 Å². The predicted octanol–water partition coefficient (Wildman–Crippen LogP) is 0.609. The minimum absolute atomic E-state index is 0.0245. The highest BCUT2D eigenvalue weighted by atomic mass is 32.2. The number of likely N-dealkylation sites (tertiary alicyclic amines) is 1. The van der Waals surface area contributed by atoms with Crippen molar-refractivity contribution < 1.29 is 17.9 Å². The summed E-state index contributed by atoms with van der Waals surface area (Å²) in [6, 6.07) is 6.09. The van der Waals surface area contributed by atoms with Crippen molar-refractivity contribution in [1.29, 1.82) is 5.26 Å². The smallest absolute Gasteiger partial charge is 0.276 e. The summed E-state index contributed by atoms with van der Waals surface area (Å²) in [5.41, 5.74) is 0.537. The van der Waals surface area contributed by atoms with E-state index in [-0.39, 0.29) is 51.7 Å². The van der Waals surface area contributed by atoms with Crippen LogP contribution in [0.2, 0.25) is 0 Å². The number of benzene rings is 1. The zero-order valence-corrected chi connectivity index (χ0v) is 17.0. The number of carbonyl (C=O) groups excluding carboxylic acids is 1. The van der Waals surface area contributed by atoms with Crippen molar-refractivity contribution in [3.05, 3.63) is 35.7 Å². The number of fused-ring (bicyclic) bond motifs is 5. The van der Waals surface area contributed by atoms with Gasteiger partial charge in [-0.1, -0.05) is 0 Å². The van der Waals surface area contributed by atoms with Crippen LogP contribution in [-0.4, -0.2) is 71.2 Å². The van der Waals surface area contributed by atoms with Crippen LogP contribution in [0.15, 0.2) is 29.3 Å². The van der Waals surface area contributed by atoms with Gasteiger partial charge in [0.1, 0.15) is 10.6 Å². The van der Waals surface area contributed by atoms with Crippen molar-refractivity contribution in [1.82, 2.24) is 24.6 Å². The van der Waals surface area contributed by atoms with Crippen molar-refractivity contribution >= 4 is 15.9 Å². The molecule has 3 aliphatic rings. The molecule has 5 rings (SSSR count). The molecule has 1 amide bonds. The molecule has 1 aromatic heterocycles. The highest BCUT2D eigenvalue weighted by molar-refractivity contribution is 7.89. The highest BCUT2D eigenvalue weighted by Crippen LogP contribution is 2.52. The number of aromatic amines is 1. The van der Waals surface area contributed by atoms with Gasteiger partial charge in [0.25, 0.3) is 5.91 Å². The fraction of sp³-hybridized carbons (Fsp3) is 0.474. The molecule has 4 heterocycles. The lowest BCUT2D eigenvalue weighted by molar-refractivity contribution is 0.0767. The molecular formula is C19H20N6O4S. The van der Waals surface area contributed by atoms with Crippen LogP contribution >= 0.6 is 0 Å². The lowest BCUT2D eigenvalue weighted by Crippen LogP contribution is -2.41. The fourth-order valence-corrected chi connectivity index (χ4v) is 7.51. The fourth-order valence-electron chi connectivity index (χ4n) is 5.37. The summed E-state index contributed by atoms with van der Waals surface area (Å²) < 4.78 is 34.1. The predicted molar refractivity (Wildman–Crippen MR) is 103 cm³/mol. The van der Waals surface area contributed by atoms with Gasteiger partial charge in [-0.3, -0.25) is 4.79 Å². The molecule has 0 radical (unpaired) electrons. The van der Waals surface area contributed by atoms with E-state index in [0.29, 0.717) is 13.1 Å². The Morgan fingerprint density at radius 3 is 2.53 bits per heavy atom. The third-order valence-electron chi connectivity index (χ3n) is 6.58. The van der Waals surface area contributed by atoms with Gasteiger partial charge in [-0.2, -0.15) is 25.0 Å². The van der Waals surface area contributed by atoms with Crippen LogP contribution in [0, 0.1) is 23.2 Å². The first-order valence-corrected chi connectivity index (χ1v) is 11.2. The lowest BCUT2D eigenvalue weighted by atomic mass is 9.82. The summed E-state index contributed by atoms with van der Waals surface area (Å²) >= 11 is 0.